The summed E-state index contributed by atoms with van der Waals surface area (Å²) in [6.45, 7) is 0. The van der Waals surface area contributed by atoms with Gasteiger partial charge >= 0.3 is 0 Å². The number of thiazole rings is 1. The van der Waals surface area contributed by atoms with Gasteiger partial charge in [-0.15, -0.1) is 11.3 Å². The number of fused-ring (bicyclic) bond motifs is 4. The van der Waals surface area contributed by atoms with Crippen molar-refractivity contribution in [1.29, 1.82) is 0 Å². The summed E-state index contributed by atoms with van der Waals surface area (Å²) < 4.78 is 7.73. The van der Waals surface area contributed by atoms with E-state index in [4.69, 9.17) is 27.6 Å². The quantitative estimate of drug-likeness (QED) is 0.163. The molecule has 6 rings (SSSR count). The molecule has 0 saturated carbocycles. The molecule has 1 amide bonds. The van der Waals surface area contributed by atoms with Gasteiger partial charge in [0.15, 0.2) is 4.34 Å². The molecule has 37 heavy (non-hydrogen) atoms. The Balaban J connectivity index is 1.11. The van der Waals surface area contributed by atoms with Crippen LogP contribution in [0.4, 0.5) is 11.4 Å². The van der Waals surface area contributed by atoms with Crippen LogP contribution in [0.3, 0.4) is 0 Å². The molecule has 0 spiro atoms. The van der Waals surface area contributed by atoms with Crippen molar-refractivity contribution >= 4 is 102 Å². The third-order valence-corrected chi connectivity index (χ3v) is 8.38. The van der Waals surface area contributed by atoms with Gasteiger partial charge in [-0.2, -0.15) is 0 Å². The number of hydrogen-bond donors (Lipinski definition) is 1. The Morgan fingerprint density at radius 1 is 1.00 bits per heavy atom. The average Bonchev–Trinajstić information content (AvgIpc) is 3.47. The standard InChI is InChI=1S/C28H17Cl2N3O2S2/c29-17-6-5-16(22(30)11-17)14-31-18-8-10-23-26(13-18)37-28(33-23)36-15-27(34)32-19-7-9-21-20-3-1-2-4-24(20)35-25(21)12-19/h1-14H,15H2,(H,32,34). The minimum Gasteiger partial charge on any atom is -0.456 e. The highest BCUT2D eigenvalue weighted by atomic mass is 35.5. The SMILES string of the molecule is O=C(CSc1nc2ccc(N=Cc3ccc(Cl)cc3Cl)cc2s1)Nc1ccc2c(c1)oc1ccccc12. The molecule has 0 saturated heterocycles. The number of benzene rings is 4. The molecule has 6 aromatic rings. The first-order chi connectivity index (χ1) is 18.0. The number of rotatable bonds is 6. The number of carbonyl (C=O) groups excluding carboxylic acids is 1. The zero-order chi connectivity index (χ0) is 25.4. The average molecular weight is 563 g/mol. The van der Waals surface area contributed by atoms with Gasteiger partial charge in [0, 0.05) is 39.3 Å². The highest BCUT2D eigenvalue weighted by molar-refractivity contribution is 8.01. The lowest BCUT2D eigenvalue weighted by molar-refractivity contribution is -0.113. The van der Waals surface area contributed by atoms with Crippen molar-refractivity contribution in [3.8, 4) is 0 Å². The highest BCUT2D eigenvalue weighted by Gasteiger charge is 2.11. The van der Waals surface area contributed by atoms with Crippen LogP contribution in [0.5, 0.6) is 0 Å². The minimum absolute atomic E-state index is 0.107. The van der Waals surface area contributed by atoms with E-state index in [0.717, 1.165) is 47.7 Å². The molecular formula is C28H17Cl2N3O2S2. The number of nitrogens with zero attached hydrogens (tertiary/aromatic N) is 2. The number of amides is 1. The van der Waals surface area contributed by atoms with Crippen LogP contribution < -0.4 is 5.32 Å². The van der Waals surface area contributed by atoms with Crippen LogP contribution in [-0.2, 0) is 4.79 Å². The Kier molecular flexibility index (Phi) is 6.61. The maximum absolute atomic E-state index is 12.6. The van der Waals surface area contributed by atoms with Gasteiger partial charge in [0.25, 0.3) is 0 Å². The molecule has 4 aromatic carbocycles. The van der Waals surface area contributed by atoms with Crippen molar-refractivity contribution in [2.45, 2.75) is 4.34 Å². The van der Waals surface area contributed by atoms with Crippen LogP contribution in [0.2, 0.25) is 10.0 Å². The smallest absolute Gasteiger partial charge is 0.234 e. The molecule has 2 heterocycles. The van der Waals surface area contributed by atoms with Crippen molar-refractivity contribution in [3.63, 3.8) is 0 Å². The van der Waals surface area contributed by atoms with E-state index in [2.05, 4.69) is 15.3 Å². The number of nitrogens with one attached hydrogen (secondary N) is 1. The largest absolute Gasteiger partial charge is 0.456 e. The highest BCUT2D eigenvalue weighted by Crippen LogP contribution is 2.33. The predicted octanol–water partition coefficient (Wildman–Crippen LogP) is 8.98. The van der Waals surface area contributed by atoms with E-state index in [1.807, 2.05) is 66.7 Å². The van der Waals surface area contributed by atoms with Crippen molar-refractivity contribution in [1.82, 2.24) is 4.98 Å². The third-order valence-electron chi connectivity index (χ3n) is 5.66. The number of anilines is 1. The Morgan fingerprint density at radius 3 is 2.76 bits per heavy atom. The van der Waals surface area contributed by atoms with Crippen molar-refractivity contribution < 1.29 is 9.21 Å². The molecule has 0 atom stereocenters. The molecule has 0 aliphatic heterocycles. The second-order valence-electron chi connectivity index (χ2n) is 8.20. The van der Waals surface area contributed by atoms with Crippen molar-refractivity contribution in [3.05, 3.63) is 94.5 Å². The lowest BCUT2D eigenvalue weighted by Crippen LogP contribution is -2.13. The maximum atomic E-state index is 12.6. The first kappa shape index (κ1) is 24.0. The molecule has 0 unspecified atom stereocenters. The van der Waals surface area contributed by atoms with Gasteiger partial charge in [-0.05, 0) is 48.5 Å². The number of aliphatic imine (C=N–C) groups is 1. The van der Waals surface area contributed by atoms with Crippen LogP contribution >= 0.6 is 46.3 Å². The maximum Gasteiger partial charge on any atom is 0.234 e. The van der Waals surface area contributed by atoms with Crippen LogP contribution in [0, 0.1) is 0 Å². The number of thioether (sulfide) groups is 1. The van der Waals surface area contributed by atoms with E-state index in [1.54, 1.807) is 18.3 Å². The monoisotopic (exact) mass is 561 g/mol. The number of halogens is 2. The first-order valence-corrected chi connectivity index (χ1v) is 13.8. The number of aromatic nitrogens is 1. The predicted molar refractivity (Wildman–Crippen MR) is 156 cm³/mol. The molecule has 9 heteroatoms. The molecule has 2 aromatic heterocycles. The van der Waals surface area contributed by atoms with Crippen LogP contribution in [0.25, 0.3) is 32.2 Å². The number of para-hydroxylation sites is 1. The summed E-state index contributed by atoms with van der Waals surface area (Å²) in [6, 6.07) is 24.7. The fourth-order valence-corrected chi connectivity index (χ4v) is 6.27. The number of carbonyl (C=O) groups is 1. The van der Waals surface area contributed by atoms with Crippen LogP contribution in [-0.4, -0.2) is 22.9 Å². The van der Waals surface area contributed by atoms with E-state index in [-0.39, 0.29) is 11.7 Å². The van der Waals surface area contributed by atoms with Gasteiger partial charge in [0.05, 0.1) is 26.7 Å². The summed E-state index contributed by atoms with van der Waals surface area (Å²) in [6.07, 6.45) is 1.71. The van der Waals surface area contributed by atoms with E-state index in [1.165, 1.54) is 23.1 Å². The van der Waals surface area contributed by atoms with Gasteiger partial charge in [-0.25, -0.2) is 4.98 Å². The summed E-state index contributed by atoms with van der Waals surface area (Å²) in [4.78, 5) is 21.8. The molecule has 0 aliphatic carbocycles. The summed E-state index contributed by atoms with van der Waals surface area (Å²) in [7, 11) is 0. The first-order valence-electron chi connectivity index (χ1n) is 11.3. The zero-order valence-electron chi connectivity index (χ0n) is 19.1. The summed E-state index contributed by atoms with van der Waals surface area (Å²) in [5, 5.41) is 6.16. The van der Waals surface area contributed by atoms with E-state index in [9.17, 15) is 4.79 Å². The van der Waals surface area contributed by atoms with Crippen LogP contribution in [0.1, 0.15) is 5.56 Å². The summed E-state index contributed by atoms with van der Waals surface area (Å²) in [5.74, 6) is 0.141. The zero-order valence-corrected chi connectivity index (χ0v) is 22.2. The molecular weight excluding hydrogens is 545 g/mol. The normalized spacial score (nSPS) is 11.7. The van der Waals surface area contributed by atoms with Gasteiger partial charge in [0.2, 0.25) is 5.91 Å². The molecule has 5 nitrogen and oxygen atoms in total. The number of hydrogen-bond acceptors (Lipinski definition) is 6. The molecule has 182 valence electrons. The van der Waals surface area contributed by atoms with Gasteiger partial charge < -0.3 is 9.73 Å². The second kappa shape index (κ2) is 10.2. The number of furan rings is 1. The Morgan fingerprint density at radius 2 is 1.86 bits per heavy atom. The van der Waals surface area contributed by atoms with Crippen molar-refractivity contribution in [2.75, 3.05) is 11.1 Å². The third kappa shape index (κ3) is 5.22. The Bertz CT molecular complexity index is 1830. The minimum atomic E-state index is -0.107. The summed E-state index contributed by atoms with van der Waals surface area (Å²) in [5.41, 5.74) is 4.72. The fraction of sp³-hybridized carbons (Fsp3) is 0.0357. The lowest BCUT2D eigenvalue weighted by Gasteiger charge is -2.04. The van der Waals surface area contributed by atoms with E-state index in [0.29, 0.717) is 15.7 Å². The fourth-order valence-electron chi connectivity index (χ4n) is 3.91. The van der Waals surface area contributed by atoms with E-state index >= 15 is 0 Å². The molecule has 0 bridgehead atoms. The lowest BCUT2D eigenvalue weighted by atomic mass is 10.1. The van der Waals surface area contributed by atoms with Gasteiger partial charge in [-0.1, -0.05) is 59.2 Å². The molecule has 0 fully saturated rings. The Hall–Kier alpha value is -3.36. The molecule has 0 radical (unpaired) electrons. The Labute approximate surface area is 230 Å². The van der Waals surface area contributed by atoms with Gasteiger partial charge in [0.1, 0.15) is 11.2 Å². The van der Waals surface area contributed by atoms with Crippen molar-refractivity contribution in [2.24, 2.45) is 4.99 Å². The van der Waals surface area contributed by atoms with Crippen LogP contribution in [0.15, 0.2) is 92.6 Å². The van der Waals surface area contributed by atoms with Gasteiger partial charge in [-0.3, -0.25) is 9.79 Å². The molecule has 0 aliphatic rings. The summed E-state index contributed by atoms with van der Waals surface area (Å²) >= 11 is 15.1. The second-order valence-corrected chi connectivity index (χ2v) is 11.3. The molecule has 1 N–H and O–H groups in total. The van der Waals surface area contributed by atoms with E-state index < -0.39 is 0 Å². The topological polar surface area (TPSA) is 67.5 Å².